The first-order chi connectivity index (χ1) is 8.68. The monoisotopic (exact) mass is 261 g/mol. The van der Waals surface area contributed by atoms with Gasteiger partial charge in [-0.15, -0.1) is 11.3 Å². The van der Waals surface area contributed by atoms with Crippen LogP contribution in [0.3, 0.4) is 0 Å². The minimum absolute atomic E-state index is 0.361. The Morgan fingerprint density at radius 2 is 2.00 bits per heavy atom. The molecular weight excluding hydrogens is 238 g/mol. The van der Waals surface area contributed by atoms with E-state index in [4.69, 9.17) is 0 Å². The molecule has 0 aliphatic rings. The zero-order valence-electron chi connectivity index (χ0n) is 11.6. The molecule has 0 bridgehead atoms. The van der Waals surface area contributed by atoms with E-state index in [0.29, 0.717) is 5.41 Å². The third-order valence-electron chi connectivity index (χ3n) is 3.83. The van der Waals surface area contributed by atoms with Gasteiger partial charge in [-0.3, -0.25) is 0 Å². The molecule has 0 fully saturated rings. The third-order valence-corrected chi connectivity index (χ3v) is 4.85. The van der Waals surface area contributed by atoms with E-state index in [0.717, 1.165) is 13.1 Å². The fraction of sp³-hybridized carbons (Fsp3) is 0.500. The fourth-order valence-electron chi connectivity index (χ4n) is 2.37. The van der Waals surface area contributed by atoms with Gasteiger partial charge in [0.15, 0.2) is 0 Å². The molecule has 1 nitrogen and oxygen atoms in total. The van der Waals surface area contributed by atoms with Gasteiger partial charge in [0, 0.05) is 11.2 Å². The van der Waals surface area contributed by atoms with Crippen LogP contribution >= 0.6 is 11.3 Å². The summed E-state index contributed by atoms with van der Waals surface area (Å²) in [6.45, 7) is 9.02. The summed E-state index contributed by atoms with van der Waals surface area (Å²) in [6.07, 6.45) is 2.38. The predicted molar refractivity (Wildman–Crippen MR) is 82.5 cm³/mol. The summed E-state index contributed by atoms with van der Waals surface area (Å²) in [6, 6.07) is 8.74. The van der Waals surface area contributed by atoms with E-state index in [1.807, 2.05) is 11.3 Å². The molecule has 2 heteroatoms. The third kappa shape index (κ3) is 2.93. The van der Waals surface area contributed by atoms with Crippen molar-refractivity contribution in [2.45, 2.75) is 33.6 Å². The highest BCUT2D eigenvalue weighted by Gasteiger charge is 2.23. The second-order valence-corrected chi connectivity index (χ2v) is 6.29. The molecule has 1 aromatic carbocycles. The van der Waals surface area contributed by atoms with Crippen molar-refractivity contribution in [3.8, 4) is 0 Å². The van der Waals surface area contributed by atoms with Crippen LogP contribution in [0, 0.1) is 5.41 Å². The molecule has 18 heavy (non-hydrogen) atoms. The highest BCUT2D eigenvalue weighted by atomic mass is 32.1. The molecule has 0 saturated carbocycles. The second kappa shape index (κ2) is 5.85. The molecular formula is C16H23NS. The van der Waals surface area contributed by atoms with Gasteiger partial charge in [-0.25, -0.2) is 0 Å². The van der Waals surface area contributed by atoms with Crippen LogP contribution in [-0.2, 0) is 6.42 Å². The van der Waals surface area contributed by atoms with Crippen LogP contribution in [0.5, 0.6) is 0 Å². The van der Waals surface area contributed by atoms with Crippen molar-refractivity contribution in [3.63, 3.8) is 0 Å². The summed E-state index contributed by atoms with van der Waals surface area (Å²) < 4.78 is 1.41. The lowest BCUT2D eigenvalue weighted by Gasteiger charge is -2.28. The van der Waals surface area contributed by atoms with Crippen molar-refractivity contribution in [1.82, 2.24) is 5.32 Å². The van der Waals surface area contributed by atoms with Gasteiger partial charge in [0.05, 0.1) is 0 Å². The summed E-state index contributed by atoms with van der Waals surface area (Å²) in [5, 5.41) is 7.28. The van der Waals surface area contributed by atoms with Crippen molar-refractivity contribution in [3.05, 3.63) is 35.2 Å². The molecule has 98 valence electrons. The minimum Gasteiger partial charge on any atom is -0.316 e. The van der Waals surface area contributed by atoms with E-state index < -0.39 is 0 Å². The molecule has 0 amide bonds. The quantitative estimate of drug-likeness (QED) is 0.809. The van der Waals surface area contributed by atoms with Crippen molar-refractivity contribution >= 4 is 21.4 Å². The largest absolute Gasteiger partial charge is 0.316 e. The number of thiophene rings is 1. The average molecular weight is 261 g/mol. The molecule has 1 aromatic heterocycles. The standard InChI is InChI=1S/C16H23NS/c1-4-16(3,12-17-5-2)10-13-11-18-15-9-7-6-8-14(13)15/h6-9,11,17H,4-5,10,12H2,1-3H3. The van der Waals surface area contributed by atoms with E-state index in [-0.39, 0.29) is 0 Å². The Morgan fingerprint density at radius 3 is 2.72 bits per heavy atom. The van der Waals surface area contributed by atoms with E-state index in [9.17, 15) is 0 Å². The lowest BCUT2D eigenvalue weighted by Crippen LogP contribution is -2.33. The second-order valence-electron chi connectivity index (χ2n) is 5.38. The smallest absolute Gasteiger partial charge is 0.0345 e. The molecule has 0 radical (unpaired) electrons. The van der Waals surface area contributed by atoms with Gasteiger partial charge in [0.2, 0.25) is 0 Å². The van der Waals surface area contributed by atoms with Gasteiger partial charge in [-0.1, -0.05) is 39.0 Å². The Kier molecular flexibility index (Phi) is 4.41. The topological polar surface area (TPSA) is 12.0 Å². The summed E-state index contributed by atoms with van der Waals surface area (Å²) >= 11 is 1.87. The number of hydrogen-bond donors (Lipinski definition) is 1. The van der Waals surface area contributed by atoms with Crippen LogP contribution in [0.2, 0.25) is 0 Å². The van der Waals surface area contributed by atoms with Gasteiger partial charge in [0.1, 0.15) is 0 Å². The molecule has 0 aliphatic carbocycles. The van der Waals surface area contributed by atoms with Crippen LogP contribution in [0.15, 0.2) is 29.6 Å². The van der Waals surface area contributed by atoms with Crippen molar-refractivity contribution in [2.24, 2.45) is 5.41 Å². The van der Waals surface area contributed by atoms with Gasteiger partial charge < -0.3 is 5.32 Å². The maximum atomic E-state index is 3.50. The normalized spacial score (nSPS) is 14.8. The van der Waals surface area contributed by atoms with Crippen LogP contribution in [-0.4, -0.2) is 13.1 Å². The van der Waals surface area contributed by atoms with Gasteiger partial charge in [-0.2, -0.15) is 0 Å². The first kappa shape index (κ1) is 13.6. The van der Waals surface area contributed by atoms with E-state index in [1.54, 1.807) is 0 Å². The van der Waals surface area contributed by atoms with Crippen LogP contribution in [0.4, 0.5) is 0 Å². The summed E-state index contributed by atoms with van der Waals surface area (Å²) in [5.41, 5.74) is 1.87. The summed E-state index contributed by atoms with van der Waals surface area (Å²) in [4.78, 5) is 0. The van der Waals surface area contributed by atoms with Crippen LogP contribution in [0.25, 0.3) is 10.1 Å². The molecule has 1 heterocycles. The Labute approximate surface area is 114 Å². The Hall–Kier alpha value is -0.860. The zero-order valence-corrected chi connectivity index (χ0v) is 12.4. The molecule has 1 atom stereocenters. The Bertz CT molecular complexity index is 503. The SMILES string of the molecule is CCNCC(C)(CC)Cc1csc2ccccc12. The van der Waals surface area contributed by atoms with Crippen molar-refractivity contribution in [1.29, 1.82) is 0 Å². The molecule has 1 N–H and O–H groups in total. The van der Waals surface area contributed by atoms with Gasteiger partial charge in [-0.05, 0) is 47.2 Å². The summed E-state index contributed by atoms with van der Waals surface area (Å²) in [5.74, 6) is 0. The van der Waals surface area contributed by atoms with E-state index >= 15 is 0 Å². The first-order valence-corrected chi connectivity index (χ1v) is 7.72. The predicted octanol–water partition coefficient (Wildman–Crippen LogP) is 4.47. The molecule has 0 saturated heterocycles. The van der Waals surface area contributed by atoms with E-state index in [2.05, 4.69) is 55.7 Å². The minimum atomic E-state index is 0.361. The first-order valence-electron chi connectivity index (χ1n) is 6.84. The Morgan fingerprint density at radius 1 is 1.22 bits per heavy atom. The average Bonchev–Trinajstić information content (AvgIpc) is 2.80. The fourth-order valence-corrected chi connectivity index (χ4v) is 3.33. The lowest BCUT2D eigenvalue weighted by atomic mass is 9.81. The van der Waals surface area contributed by atoms with Crippen LogP contribution < -0.4 is 5.32 Å². The number of benzene rings is 1. The van der Waals surface area contributed by atoms with E-state index in [1.165, 1.54) is 28.5 Å². The molecule has 0 aliphatic heterocycles. The summed E-state index contributed by atoms with van der Waals surface area (Å²) in [7, 11) is 0. The van der Waals surface area contributed by atoms with Gasteiger partial charge in [0.25, 0.3) is 0 Å². The number of rotatable bonds is 6. The maximum Gasteiger partial charge on any atom is 0.0345 e. The maximum absolute atomic E-state index is 3.50. The number of nitrogens with one attached hydrogen (secondary N) is 1. The molecule has 0 spiro atoms. The number of hydrogen-bond acceptors (Lipinski definition) is 2. The molecule has 1 unspecified atom stereocenters. The number of fused-ring (bicyclic) bond motifs is 1. The highest BCUT2D eigenvalue weighted by molar-refractivity contribution is 7.17. The van der Waals surface area contributed by atoms with Gasteiger partial charge >= 0.3 is 0 Å². The molecule has 2 rings (SSSR count). The van der Waals surface area contributed by atoms with Crippen molar-refractivity contribution in [2.75, 3.05) is 13.1 Å². The molecule has 2 aromatic rings. The Balaban J connectivity index is 2.21. The lowest BCUT2D eigenvalue weighted by molar-refractivity contribution is 0.294. The highest BCUT2D eigenvalue weighted by Crippen LogP contribution is 2.32. The zero-order chi connectivity index (χ0) is 13.0. The van der Waals surface area contributed by atoms with Crippen molar-refractivity contribution < 1.29 is 0 Å². The van der Waals surface area contributed by atoms with Crippen LogP contribution in [0.1, 0.15) is 32.8 Å².